The van der Waals surface area contributed by atoms with E-state index in [1.165, 1.54) is 12.0 Å². The molecule has 0 aliphatic rings. The fourth-order valence-electron chi connectivity index (χ4n) is 1.70. The average Bonchev–Trinajstić information content (AvgIpc) is 2.31. The molecule has 0 N–H and O–H groups in total. The second kappa shape index (κ2) is 8.10. The van der Waals surface area contributed by atoms with Crippen molar-refractivity contribution in [2.75, 3.05) is 19.0 Å². The van der Waals surface area contributed by atoms with Gasteiger partial charge in [0.25, 0.3) is 0 Å². The maximum absolute atomic E-state index is 5.86. The average molecular weight is 306 g/mol. The molecular formula is C13H18BrClO. The number of ether oxygens (including phenoxy) is 1. The van der Waals surface area contributed by atoms with Crippen molar-refractivity contribution in [1.29, 1.82) is 0 Å². The van der Waals surface area contributed by atoms with Gasteiger partial charge in [-0.25, -0.2) is 0 Å². The normalized spacial score (nSPS) is 12.7. The van der Waals surface area contributed by atoms with E-state index in [1.54, 1.807) is 7.11 Å². The van der Waals surface area contributed by atoms with Gasteiger partial charge in [-0.05, 0) is 42.9 Å². The van der Waals surface area contributed by atoms with E-state index < -0.39 is 0 Å². The summed E-state index contributed by atoms with van der Waals surface area (Å²) in [5, 5.41) is 1.85. The second-order valence-corrected chi connectivity index (χ2v) is 5.07. The molecule has 0 saturated carbocycles. The predicted molar refractivity (Wildman–Crippen MR) is 73.6 cm³/mol. The third-order valence-corrected chi connectivity index (χ3v) is 3.78. The summed E-state index contributed by atoms with van der Waals surface area (Å²) in [6, 6.07) is 8.12. The standard InChI is InChI=1S/C13H18BrClO/c1-16-8-2-3-12(10-14)9-11-4-6-13(15)7-5-11/h4-7,12H,2-3,8-10H2,1H3. The van der Waals surface area contributed by atoms with E-state index in [4.69, 9.17) is 16.3 Å². The monoisotopic (exact) mass is 304 g/mol. The van der Waals surface area contributed by atoms with E-state index in [0.29, 0.717) is 5.92 Å². The topological polar surface area (TPSA) is 9.23 Å². The molecule has 16 heavy (non-hydrogen) atoms. The summed E-state index contributed by atoms with van der Waals surface area (Å²) in [7, 11) is 1.75. The summed E-state index contributed by atoms with van der Waals surface area (Å²) in [5.41, 5.74) is 1.35. The van der Waals surface area contributed by atoms with Crippen molar-refractivity contribution in [3.05, 3.63) is 34.9 Å². The Morgan fingerprint density at radius 1 is 1.31 bits per heavy atom. The van der Waals surface area contributed by atoms with Crippen molar-refractivity contribution < 1.29 is 4.74 Å². The SMILES string of the molecule is COCCCC(CBr)Cc1ccc(Cl)cc1. The largest absolute Gasteiger partial charge is 0.385 e. The Hall–Kier alpha value is -0.0500. The molecule has 0 saturated heterocycles. The lowest BCUT2D eigenvalue weighted by atomic mass is 9.97. The van der Waals surface area contributed by atoms with Gasteiger partial charge in [-0.1, -0.05) is 39.7 Å². The lowest BCUT2D eigenvalue weighted by Crippen LogP contribution is -2.07. The molecule has 1 nitrogen and oxygen atoms in total. The zero-order chi connectivity index (χ0) is 11.8. The Morgan fingerprint density at radius 2 is 2.00 bits per heavy atom. The van der Waals surface area contributed by atoms with Crippen LogP contribution in [-0.2, 0) is 11.2 Å². The fourth-order valence-corrected chi connectivity index (χ4v) is 2.38. The smallest absolute Gasteiger partial charge is 0.0462 e. The number of benzene rings is 1. The van der Waals surface area contributed by atoms with Gasteiger partial charge < -0.3 is 4.74 Å². The molecule has 1 aromatic rings. The van der Waals surface area contributed by atoms with Gasteiger partial charge in [-0.15, -0.1) is 0 Å². The summed E-state index contributed by atoms with van der Waals surface area (Å²) in [6.07, 6.45) is 3.42. The first-order valence-corrected chi connectivity index (χ1v) is 7.05. The molecule has 0 aromatic heterocycles. The highest BCUT2D eigenvalue weighted by atomic mass is 79.9. The second-order valence-electron chi connectivity index (χ2n) is 3.99. The van der Waals surface area contributed by atoms with Gasteiger partial charge in [0.1, 0.15) is 0 Å². The number of alkyl halides is 1. The van der Waals surface area contributed by atoms with Crippen molar-refractivity contribution in [1.82, 2.24) is 0 Å². The molecule has 0 aliphatic carbocycles. The van der Waals surface area contributed by atoms with Crippen LogP contribution in [0.25, 0.3) is 0 Å². The number of halogens is 2. The molecule has 0 aliphatic heterocycles. The highest BCUT2D eigenvalue weighted by Gasteiger charge is 2.08. The zero-order valence-electron chi connectivity index (χ0n) is 9.59. The van der Waals surface area contributed by atoms with Gasteiger partial charge in [0.2, 0.25) is 0 Å². The molecule has 1 atom stereocenters. The van der Waals surface area contributed by atoms with Gasteiger partial charge in [0, 0.05) is 24.1 Å². The zero-order valence-corrected chi connectivity index (χ0v) is 11.9. The summed E-state index contributed by atoms with van der Waals surface area (Å²) in [5.74, 6) is 0.677. The molecule has 0 amide bonds. The summed E-state index contributed by atoms with van der Waals surface area (Å²) in [6.45, 7) is 0.851. The highest BCUT2D eigenvalue weighted by molar-refractivity contribution is 9.09. The maximum Gasteiger partial charge on any atom is 0.0462 e. The third kappa shape index (κ3) is 5.33. The summed E-state index contributed by atoms with van der Waals surface area (Å²) in [4.78, 5) is 0. The minimum atomic E-state index is 0.677. The number of hydrogen-bond acceptors (Lipinski definition) is 1. The lowest BCUT2D eigenvalue weighted by Gasteiger charge is -2.13. The number of methoxy groups -OCH3 is 1. The van der Waals surface area contributed by atoms with Crippen LogP contribution < -0.4 is 0 Å². The van der Waals surface area contributed by atoms with Crippen molar-refractivity contribution in [2.45, 2.75) is 19.3 Å². The van der Waals surface area contributed by atoms with E-state index in [9.17, 15) is 0 Å². The number of hydrogen-bond donors (Lipinski definition) is 0. The minimum absolute atomic E-state index is 0.677. The maximum atomic E-state index is 5.86. The van der Waals surface area contributed by atoms with E-state index in [0.717, 1.165) is 29.8 Å². The molecule has 0 bridgehead atoms. The summed E-state index contributed by atoms with van der Waals surface area (Å²) >= 11 is 9.43. The van der Waals surface area contributed by atoms with E-state index >= 15 is 0 Å². The van der Waals surface area contributed by atoms with Crippen LogP contribution in [0.3, 0.4) is 0 Å². The molecule has 90 valence electrons. The fraction of sp³-hybridized carbons (Fsp3) is 0.538. The molecule has 0 heterocycles. The number of rotatable bonds is 7. The molecular weight excluding hydrogens is 287 g/mol. The molecule has 3 heteroatoms. The molecule has 1 unspecified atom stereocenters. The van der Waals surface area contributed by atoms with Gasteiger partial charge in [-0.2, -0.15) is 0 Å². The van der Waals surface area contributed by atoms with E-state index in [1.807, 2.05) is 12.1 Å². The Kier molecular flexibility index (Phi) is 7.10. The minimum Gasteiger partial charge on any atom is -0.385 e. The third-order valence-electron chi connectivity index (χ3n) is 2.62. The van der Waals surface area contributed by atoms with E-state index in [-0.39, 0.29) is 0 Å². The van der Waals surface area contributed by atoms with Crippen LogP contribution in [0.4, 0.5) is 0 Å². The van der Waals surface area contributed by atoms with Crippen LogP contribution >= 0.6 is 27.5 Å². The van der Waals surface area contributed by atoms with Crippen LogP contribution in [0.1, 0.15) is 18.4 Å². The Balaban J connectivity index is 2.40. The van der Waals surface area contributed by atoms with Gasteiger partial charge in [-0.3, -0.25) is 0 Å². The highest BCUT2D eigenvalue weighted by Crippen LogP contribution is 2.18. The Morgan fingerprint density at radius 3 is 2.56 bits per heavy atom. The van der Waals surface area contributed by atoms with Crippen LogP contribution in [0.5, 0.6) is 0 Å². The lowest BCUT2D eigenvalue weighted by molar-refractivity contribution is 0.188. The molecule has 0 fully saturated rings. The molecule has 1 aromatic carbocycles. The first-order valence-electron chi connectivity index (χ1n) is 5.55. The van der Waals surface area contributed by atoms with E-state index in [2.05, 4.69) is 28.1 Å². The first-order chi connectivity index (χ1) is 7.76. The van der Waals surface area contributed by atoms with Gasteiger partial charge >= 0.3 is 0 Å². The summed E-state index contributed by atoms with van der Waals surface area (Å²) < 4.78 is 5.07. The Bertz CT molecular complexity index is 286. The van der Waals surface area contributed by atoms with Crippen LogP contribution in [0.15, 0.2) is 24.3 Å². The van der Waals surface area contributed by atoms with Crippen LogP contribution in [-0.4, -0.2) is 19.0 Å². The van der Waals surface area contributed by atoms with Crippen LogP contribution in [0.2, 0.25) is 5.02 Å². The molecule has 0 spiro atoms. The molecule has 0 radical (unpaired) electrons. The Labute approximate surface area is 111 Å². The van der Waals surface area contributed by atoms with Crippen molar-refractivity contribution in [3.63, 3.8) is 0 Å². The van der Waals surface area contributed by atoms with Crippen molar-refractivity contribution in [2.24, 2.45) is 5.92 Å². The molecule has 1 rings (SSSR count). The van der Waals surface area contributed by atoms with Crippen molar-refractivity contribution in [3.8, 4) is 0 Å². The quantitative estimate of drug-likeness (QED) is 0.538. The van der Waals surface area contributed by atoms with Gasteiger partial charge in [0.05, 0.1) is 0 Å². The van der Waals surface area contributed by atoms with Crippen LogP contribution in [0, 0.1) is 5.92 Å². The predicted octanol–water partition coefficient (Wildman–Crippen LogP) is 4.32. The van der Waals surface area contributed by atoms with Crippen molar-refractivity contribution >= 4 is 27.5 Å². The first kappa shape index (κ1) is 14.0. The van der Waals surface area contributed by atoms with Gasteiger partial charge in [0.15, 0.2) is 0 Å².